The number of aliphatic hydroxyl groups excluding tert-OH is 2. The van der Waals surface area contributed by atoms with Gasteiger partial charge in [0, 0.05) is 12.8 Å². The van der Waals surface area contributed by atoms with E-state index in [2.05, 4.69) is 43.5 Å². The van der Waals surface area contributed by atoms with E-state index in [1.165, 1.54) is 360 Å². The van der Waals surface area contributed by atoms with Crippen molar-refractivity contribution in [1.29, 1.82) is 0 Å². The summed E-state index contributed by atoms with van der Waals surface area (Å²) in [7, 11) is 0. The van der Waals surface area contributed by atoms with Crippen LogP contribution in [0.15, 0.2) is 36.5 Å². The summed E-state index contributed by atoms with van der Waals surface area (Å²) in [6, 6.07) is -0.627. The summed E-state index contributed by atoms with van der Waals surface area (Å²) in [6.45, 7) is 4.95. The molecule has 0 aromatic heterocycles. The van der Waals surface area contributed by atoms with Crippen LogP contribution >= 0.6 is 0 Å². The summed E-state index contributed by atoms with van der Waals surface area (Å²) in [6.07, 6.45) is 96.8. The third-order valence-corrected chi connectivity index (χ3v) is 18.2. The molecule has 6 heteroatoms. The van der Waals surface area contributed by atoms with Crippen LogP contribution in [0.5, 0.6) is 0 Å². The Morgan fingerprint density at radius 1 is 0.329 bits per heavy atom. The Kier molecular flexibility index (Phi) is 72.9. The molecule has 0 aliphatic rings. The molecule has 0 aromatic rings. The topological polar surface area (TPSA) is 95.9 Å². The highest BCUT2D eigenvalue weighted by molar-refractivity contribution is 5.76. The van der Waals surface area contributed by atoms with Crippen molar-refractivity contribution in [2.24, 2.45) is 0 Å². The van der Waals surface area contributed by atoms with E-state index in [1.54, 1.807) is 6.08 Å². The van der Waals surface area contributed by atoms with Gasteiger partial charge in [0.1, 0.15) is 0 Å². The van der Waals surface area contributed by atoms with Gasteiger partial charge in [-0.15, -0.1) is 0 Å². The SMILES string of the molecule is CCCCCCCCCCCCCCCCCCC/C=C/C(O)C(CO)NC(=O)CCCCCCCCCCCCCCCCCCC/C=C\C/C=C\CCCCCCCCCCCOC(=O)CCCCCCCCCCCCCCCCCC. The Bertz CT molecular complexity index is 1380. The number of hydrogen-bond acceptors (Lipinski definition) is 5. The lowest BCUT2D eigenvalue weighted by atomic mass is 10.0. The number of esters is 1. The monoisotopic (exact) mass is 1190 g/mol. The predicted molar refractivity (Wildman–Crippen MR) is 375 cm³/mol. The minimum Gasteiger partial charge on any atom is -0.466 e. The fourth-order valence-corrected chi connectivity index (χ4v) is 12.3. The maximum absolute atomic E-state index is 12.5. The van der Waals surface area contributed by atoms with Crippen LogP contribution in [0.2, 0.25) is 0 Å². The molecule has 0 heterocycles. The van der Waals surface area contributed by atoms with E-state index in [9.17, 15) is 19.8 Å². The molecule has 0 saturated carbocycles. The smallest absolute Gasteiger partial charge is 0.305 e. The zero-order valence-electron chi connectivity index (χ0n) is 57.6. The number of carbonyl (C=O) groups excluding carboxylic acids is 2. The predicted octanol–water partition coefficient (Wildman–Crippen LogP) is 25.4. The minimum atomic E-state index is -0.844. The first-order valence-electron chi connectivity index (χ1n) is 38.8. The van der Waals surface area contributed by atoms with Gasteiger partial charge in [-0.1, -0.05) is 391 Å². The Balaban J connectivity index is 3.39. The number of ether oxygens (including phenoxy) is 1. The van der Waals surface area contributed by atoms with Gasteiger partial charge in [0.05, 0.1) is 25.4 Å². The molecule has 0 aromatic carbocycles. The minimum absolute atomic E-state index is 0.0181. The van der Waals surface area contributed by atoms with Gasteiger partial charge >= 0.3 is 5.97 Å². The van der Waals surface area contributed by atoms with E-state index in [1.807, 2.05) is 6.08 Å². The van der Waals surface area contributed by atoms with Crippen LogP contribution in [0, 0.1) is 0 Å². The number of rotatable bonds is 73. The highest BCUT2D eigenvalue weighted by Crippen LogP contribution is 2.19. The van der Waals surface area contributed by atoms with Crippen LogP contribution in [-0.4, -0.2) is 47.4 Å². The Morgan fingerprint density at radius 3 is 0.894 bits per heavy atom. The van der Waals surface area contributed by atoms with Crippen molar-refractivity contribution in [3.63, 3.8) is 0 Å². The Labute approximate surface area is 532 Å². The summed E-state index contributed by atoms with van der Waals surface area (Å²) in [5, 5.41) is 23.3. The van der Waals surface area contributed by atoms with Gasteiger partial charge in [-0.3, -0.25) is 9.59 Å². The van der Waals surface area contributed by atoms with Crippen LogP contribution < -0.4 is 5.32 Å². The first kappa shape index (κ1) is 83.1. The number of unbranched alkanes of at least 4 members (excludes halogenated alkanes) is 58. The summed E-state index contributed by atoms with van der Waals surface area (Å²) in [5.41, 5.74) is 0. The van der Waals surface area contributed by atoms with Gasteiger partial charge in [-0.25, -0.2) is 0 Å². The molecule has 0 rings (SSSR count). The maximum Gasteiger partial charge on any atom is 0.305 e. The van der Waals surface area contributed by atoms with E-state index < -0.39 is 12.1 Å². The van der Waals surface area contributed by atoms with Gasteiger partial charge < -0.3 is 20.3 Å². The molecule has 0 radical (unpaired) electrons. The standard InChI is InChI=1S/C79H151NO5/c1-3-5-7-9-11-13-15-17-19-21-37-40-43-47-51-55-59-63-67-71-77(82)76(75-81)80-78(83)72-68-64-60-56-52-48-44-41-38-35-33-31-29-27-25-23-22-24-26-28-30-32-34-36-39-42-46-50-54-58-62-66-70-74-85-79(84)73-69-65-61-57-53-49-45-20-18-16-14-12-10-8-6-4-2/h26,28,32,34,67,71,76-77,81-82H,3-25,27,29-31,33,35-66,68-70,72-75H2,1-2H3,(H,80,83)/b28-26-,34-32-,71-67+. The highest BCUT2D eigenvalue weighted by atomic mass is 16.5. The normalized spacial score (nSPS) is 12.7. The number of carbonyl (C=O) groups is 2. The fourth-order valence-electron chi connectivity index (χ4n) is 12.3. The van der Waals surface area contributed by atoms with Crippen LogP contribution in [0.4, 0.5) is 0 Å². The quantitative estimate of drug-likeness (QED) is 0.0320. The van der Waals surface area contributed by atoms with Crippen LogP contribution in [0.25, 0.3) is 0 Å². The largest absolute Gasteiger partial charge is 0.466 e. The molecule has 85 heavy (non-hydrogen) atoms. The maximum atomic E-state index is 12.5. The zero-order valence-corrected chi connectivity index (χ0v) is 57.6. The molecule has 0 fully saturated rings. The molecule has 0 aliphatic heterocycles. The van der Waals surface area contributed by atoms with E-state index in [-0.39, 0.29) is 18.5 Å². The van der Waals surface area contributed by atoms with E-state index in [0.29, 0.717) is 19.4 Å². The first-order valence-corrected chi connectivity index (χ1v) is 38.8. The van der Waals surface area contributed by atoms with Crippen molar-refractivity contribution in [2.45, 2.75) is 443 Å². The second kappa shape index (κ2) is 74.5. The van der Waals surface area contributed by atoms with Crippen LogP contribution in [0.3, 0.4) is 0 Å². The van der Waals surface area contributed by atoms with Gasteiger partial charge in [0.25, 0.3) is 0 Å². The summed E-state index contributed by atoms with van der Waals surface area (Å²) >= 11 is 0. The molecule has 3 N–H and O–H groups in total. The molecular formula is C79H151NO5. The molecule has 0 spiro atoms. The molecule has 2 unspecified atom stereocenters. The molecule has 2 atom stereocenters. The molecule has 6 nitrogen and oxygen atoms in total. The van der Waals surface area contributed by atoms with Crippen molar-refractivity contribution in [3.05, 3.63) is 36.5 Å². The second-order valence-corrected chi connectivity index (χ2v) is 26.7. The number of nitrogens with one attached hydrogen (secondary N) is 1. The fraction of sp³-hybridized carbons (Fsp3) is 0.899. The Hall–Kier alpha value is -1.92. The summed E-state index contributed by atoms with van der Waals surface area (Å²) < 4.78 is 5.50. The lowest BCUT2D eigenvalue weighted by molar-refractivity contribution is -0.143. The Morgan fingerprint density at radius 2 is 0.588 bits per heavy atom. The van der Waals surface area contributed by atoms with Gasteiger partial charge in [-0.2, -0.15) is 0 Å². The second-order valence-electron chi connectivity index (χ2n) is 26.7. The van der Waals surface area contributed by atoms with Crippen molar-refractivity contribution < 1.29 is 24.5 Å². The lowest BCUT2D eigenvalue weighted by Gasteiger charge is -2.20. The van der Waals surface area contributed by atoms with Gasteiger partial charge in [0.2, 0.25) is 5.91 Å². The third-order valence-electron chi connectivity index (χ3n) is 18.2. The molecule has 1 amide bonds. The lowest BCUT2D eigenvalue weighted by Crippen LogP contribution is -2.45. The number of allylic oxidation sites excluding steroid dienone is 5. The first-order chi connectivity index (χ1) is 42.0. The molecular weight excluding hydrogens is 1040 g/mol. The average molecular weight is 1200 g/mol. The molecule has 0 aliphatic carbocycles. The molecule has 0 saturated heterocycles. The third kappa shape index (κ3) is 71.0. The zero-order chi connectivity index (χ0) is 61.3. The van der Waals surface area contributed by atoms with E-state index in [4.69, 9.17) is 4.74 Å². The molecule has 0 bridgehead atoms. The number of amides is 1. The van der Waals surface area contributed by atoms with Crippen LogP contribution in [-0.2, 0) is 14.3 Å². The van der Waals surface area contributed by atoms with E-state index in [0.717, 1.165) is 44.9 Å². The average Bonchev–Trinajstić information content (AvgIpc) is 3.50. The number of aliphatic hydroxyl groups is 2. The van der Waals surface area contributed by atoms with Crippen molar-refractivity contribution in [3.8, 4) is 0 Å². The van der Waals surface area contributed by atoms with Crippen LogP contribution in [0.1, 0.15) is 431 Å². The summed E-state index contributed by atoms with van der Waals surface area (Å²) in [4.78, 5) is 24.6. The number of hydrogen-bond donors (Lipinski definition) is 3. The van der Waals surface area contributed by atoms with Crippen molar-refractivity contribution >= 4 is 11.9 Å². The molecule has 502 valence electrons. The van der Waals surface area contributed by atoms with Crippen molar-refractivity contribution in [1.82, 2.24) is 5.32 Å². The van der Waals surface area contributed by atoms with Gasteiger partial charge in [0.15, 0.2) is 0 Å². The summed E-state index contributed by atoms with van der Waals surface area (Å²) in [5.74, 6) is -0.0442. The highest BCUT2D eigenvalue weighted by Gasteiger charge is 2.18. The van der Waals surface area contributed by atoms with Crippen molar-refractivity contribution in [2.75, 3.05) is 13.2 Å². The van der Waals surface area contributed by atoms with Gasteiger partial charge in [-0.05, 0) is 64.2 Å². The van der Waals surface area contributed by atoms with E-state index >= 15 is 0 Å².